The molecule has 0 aromatic carbocycles. The van der Waals surface area contributed by atoms with Crippen LogP contribution in [0, 0.1) is 5.92 Å². The molecule has 1 aliphatic heterocycles. The zero-order chi connectivity index (χ0) is 13.8. The van der Waals surface area contributed by atoms with E-state index >= 15 is 0 Å². The lowest BCUT2D eigenvalue weighted by molar-refractivity contribution is -0.134. The molecule has 4 nitrogen and oxygen atoms in total. The van der Waals surface area contributed by atoms with Crippen molar-refractivity contribution in [1.29, 1.82) is 0 Å². The Morgan fingerprint density at radius 1 is 1.25 bits per heavy atom. The number of likely N-dealkylation sites (N-methyl/N-ethyl adjacent to an activating group) is 1. The van der Waals surface area contributed by atoms with E-state index in [9.17, 15) is 4.79 Å². The number of likely N-dealkylation sites (tertiary alicyclic amines) is 1. The van der Waals surface area contributed by atoms with Gasteiger partial charge in [-0.25, -0.2) is 0 Å². The van der Waals surface area contributed by atoms with Gasteiger partial charge in [-0.15, -0.1) is 12.4 Å². The minimum Gasteiger partial charge on any atom is -0.342 e. The lowest BCUT2D eigenvalue weighted by atomic mass is 9.87. The number of nitrogens with zero attached hydrogens (tertiary/aromatic N) is 2. The molecule has 2 rings (SSSR count). The summed E-state index contributed by atoms with van der Waals surface area (Å²) in [6.45, 7) is 4.58. The highest BCUT2D eigenvalue weighted by Crippen LogP contribution is 2.26. The lowest BCUT2D eigenvalue weighted by Crippen LogP contribution is -2.47. The van der Waals surface area contributed by atoms with E-state index in [1.54, 1.807) is 0 Å². The number of carbonyl (C=O) groups excluding carboxylic acids is 1. The van der Waals surface area contributed by atoms with Crippen LogP contribution in [0.15, 0.2) is 0 Å². The van der Waals surface area contributed by atoms with E-state index in [0.29, 0.717) is 25.2 Å². The third-order valence-electron chi connectivity index (χ3n) is 5.04. The zero-order valence-electron chi connectivity index (χ0n) is 12.9. The first kappa shape index (κ1) is 17.7. The van der Waals surface area contributed by atoms with Crippen molar-refractivity contribution in [2.45, 2.75) is 57.5 Å². The van der Waals surface area contributed by atoms with Crippen LogP contribution >= 0.6 is 12.4 Å². The van der Waals surface area contributed by atoms with Crippen LogP contribution < -0.4 is 5.73 Å². The van der Waals surface area contributed by atoms with Crippen molar-refractivity contribution in [1.82, 2.24) is 9.80 Å². The fourth-order valence-electron chi connectivity index (χ4n) is 3.49. The Labute approximate surface area is 129 Å². The van der Waals surface area contributed by atoms with E-state index in [0.717, 1.165) is 18.9 Å². The number of amides is 1. The highest BCUT2D eigenvalue weighted by molar-refractivity contribution is 5.85. The molecule has 2 aliphatic rings. The molecule has 0 aromatic rings. The summed E-state index contributed by atoms with van der Waals surface area (Å²) < 4.78 is 0. The molecule has 1 aliphatic carbocycles. The first-order valence-electron chi connectivity index (χ1n) is 7.81. The van der Waals surface area contributed by atoms with Crippen molar-refractivity contribution in [3.8, 4) is 0 Å². The Bertz CT molecular complexity index is 305. The van der Waals surface area contributed by atoms with Crippen LogP contribution in [0.4, 0.5) is 0 Å². The lowest BCUT2D eigenvalue weighted by Gasteiger charge is -2.35. The number of hydrogen-bond donors (Lipinski definition) is 1. The van der Waals surface area contributed by atoms with E-state index in [1.165, 1.54) is 32.1 Å². The fraction of sp³-hybridized carbons (Fsp3) is 0.933. The van der Waals surface area contributed by atoms with Gasteiger partial charge in [0.25, 0.3) is 0 Å². The molecule has 1 heterocycles. The van der Waals surface area contributed by atoms with Gasteiger partial charge in [0.15, 0.2) is 0 Å². The van der Waals surface area contributed by atoms with Gasteiger partial charge in [-0.05, 0) is 51.0 Å². The molecule has 0 aromatic heterocycles. The van der Waals surface area contributed by atoms with Crippen LogP contribution in [-0.4, -0.2) is 54.5 Å². The number of halogens is 1. The van der Waals surface area contributed by atoms with Crippen LogP contribution in [0.2, 0.25) is 0 Å². The number of carbonyl (C=O) groups is 1. The minimum absolute atomic E-state index is 0. The Hall–Kier alpha value is -0.320. The summed E-state index contributed by atoms with van der Waals surface area (Å²) in [5, 5.41) is 0. The van der Waals surface area contributed by atoms with Crippen LogP contribution in [-0.2, 0) is 4.79 Å². The third-order valence-corrected chi connectivity index (χ3v) is 5.04. The fourth-order valence-corrected chi connectivity index (χ4v) is 3.49. The molecule has 2 fully saturated rings. The van der Waals surface area contributed by atoms with Gasteiger partial charge < -0.3 is 10.6 Å². The van der Waals surface area contributed by atoms with Crippen molar-refractivity contribution < 1.29 is 4.79 Å². The molecule has 0 spiro atoms. The molecule has 1 saturated carbocycles. The summed E-state index contributed by atoms with van der Waals surface area (Å²) >= 11 is 0. The van der Waals surface area contributed by atoms with E-state index in [-0.39, 0.29) is 18.3 Å². The first-order valence-corrected chi connectivity index (χ1v) is 7.81. The average molecular weight is 304 g/mol. The zero-order valence-corrected chi connectivity index (χ0v) is 13.7. The molecule has 0 bridgehead atoms. The second-order valence-electron chi connectivity index (χ2n) is 6.42. The van der Waals surface area contributed by atoms with Gasteiger partial charge in [0.1, 0.15) is 0 Å². The smallest absolute Gasteiger partial charge is 0.236 e. The van der Waals surface area contributed by atoms with Gasteiger partial charge in [-0.2, -0.15) is 0 Å². The van der Waals surface area contributed by atoms with Crippen molar-refractivity contribution in [3.05, 3.63) is 0 Å². The molecule has 1 amide bonds. The predicted octanol–water partition coefficient (Wildman–Crippen LogP) is 1.87. The van der Waals surface area contributed by atoms with Crippen molar-refractivity contribution in [2.75, 3.05) is 26.7 Å². The molecule has 1 saturated heterocycles. The van der Waals surface area contributed by atoms with E-state index in [1.807, 2.05) is 11.9 Å². The molecule has 1 unspecified atom stereocenters. The minimum atomic E-state index is 0. The van der Waals surface area contributed by atoms with E-state index in [2.05, 4.69) is 11.8 Å². The maximum Gasteiger partial charge on any atom is 0.236 e. The molecule has 2 N–H and O–H groups in total. The van der Waals surface area contributed by atoms with Crippen LogP contribution in [0.5, 0.6) is 0 Å². The Morgan fingerprint density at radius 3 is 2.50 bits per heavy atom. The molecule has 118 valence electrons. The standard InChI is InChI=1S/C15H29N3O.ClH/c1-12-5-7-13(8-6-12)17(2)15(19)11-18-9-3-4-14(18)10-16;/h12-14H,3-11,16H2,1-2H3;1H. The summed E-state index contributed by atoms with van der Waals surface area (Å²) in [7, 11) is 1.98. The molecule has 5 heteroatoms. The Morgan fingerprint density at radius 2 is 1.90 bits per heavy atom. The number of nitrogens with two attached hydrogens (primary N) is 1. The van der Waals surface area contributed by atoms with Crippen LogP contribution in [0.1, 0.15) is 45.4 Å². The van der Waals surface area contributed by atoms with Gasteiger partial charge in [-0.3, -0.25) is 9.69 Å². The number of rotatable bonds is 4. The van der Waals surface area contributed by atoms with E-state index < -0.39 is 0 Å². The molecule has 0 radical (unpaired) electrons. The second kappa shape index (κ2) is 8.20. The summed E-state index contributed by atoms with van der Waals surface area (Å²) in [6.07, 6.45) is 7.19. The molecular formula is C15H30ClN3O. The highest BCUT2D eigenvalue weighted by atomic mass is 35.5. The maximum absolute atomic E-state index is 12.4. The quantitative estimate of drug-likeness (QED) is 0.862. The summed E-state index contributed by atoms with van der Waals surface area (Å²) in [6, 6.07) is 0.881. The second-order valence-corrected chi connectivity index (χ2v) is 6.42. The first-order chi connectivity index (χ1) is 9.11. The van der Waals surface area contributed by atoms with Gasteiger partial charge in [0, 0.05) is 25.7 Å². The highest BCUT2D eigenvalue weighted by Gasteiger charge is 2.29. The molecule has 1 atom stereocenters. The van der Waals surface area contributed by atoms with Crippen molar-refractivity contribution >= 4 is 18.3 Å². The van der Waals surface area contributed by atoms with Crippen LogP contribution in [0.3, 0.4) is 0 Å². The van der Waals surface area contributed by atoms with E-state index in [4.69, 9.17) is 5.73 Å². The summed E-state index contributed by atoms with van der Waals surface area (Å²) in [5.74, 6) is 1.11. The van der Waals surface area contributed by atoms with Crippen LogP contribution in [0.25, 0.3) is 0 Å². The normalized spacial score (nSPS) is 30.9. The molecular weight excluding hydrogens is 274 g/mol. The van der Waals surface area contributed by atoms with Crippen molar-refractivity contribution in [2.24, 2.45) is 11.7 Å². The van der Waals surface area contributed by atoms with Crippen molar-refractivity contribution in [3.63, 3.8) is 0 Å². The third kappa shape index (κ3) is 4.34. The SMILES string of the molecule is CC1CCC(N(C)C(=O)CN2CCCC2CN)CC1.Cl. The van der Waals surface area contributed by atoms with Gasteiger partial charge in [-0.1, -0.05) is 6.92 Å². The Kier molecular flexibility index (Phi) is 7.27. The topological polar surface area (TPSA) is 49.6 Å². The maximum atomic E-state index is 12.4. The van der Waals surface area contributed by atoms with Gasteiger partial charge >= 0.3 is 0 Å². The number of hydrogen-bond acceptors (Lipinski definition) is 3. The monoisotopic (exact) mass is 303 g/mol. The predicted molar refractivity (Wildman–Crippen MR) is 85.1 cm³/mol. The summed E-state index contributed by atoms with van der Waals surface area (Å²) in [4.78, 5) is 16.7. The van der Waals surface area contributed by atoms with Gasteiger partial charge in [0.05, 0.1) is 6.54 Å². The Balaban J connectivity index is 0.00000200. The largest absolute Gasteiger partial charge is 0.342 e. The molecule has 20 heavy (non-hydrogen) atoms. The van der Waals surface area contributed by atoms with Gasteiger partial charge in [0.2, 0.25) is 5.91 Å². The summed E-state index contributed by atoms with van der Waals surface area (Å²) in [5.41, 5.74) is 5.77. The average Bonchev–Trinajstić information content (AvgIpc) is 2.86.